The van der Waals surface area contributed by atoms with Crippen LogP contribution in [-0.2, 0) is 24.3 Å². The van der Waals surface area contributed by atoms with E-state index in [0.717, 1.165) is 12.8 Å². The Balaban J connectivity index is 2.30. The third-order valence-electron chi connectivity index (χ3n) is 2.17. The first-order chi connectivity index (χ1) is 7.53. The molecule has 0 amide bonds. The van der Waals surface area contributed by atoms with Crippen LogP contribution >= 0.6 is 0 Å². The monoisotopic (exact) mass is 251 g/mol. The standard InChI is InChI=1S/C9H17NO5S/c1-2-14-9(11)6-10-16(12,13)7-8-4-3-5-15-8/h8,10H,2-7H2,1H3. The van der Waals surface area contributed by atoms with E-state index in [4.69, 9.17) is 4.74 Å². The molecule has 0 aromatic carbocycles. The van der Waals surface area contributed by atoms with Crippen molar-refractivity contribution in [1.82, 2.24) is 4.72 Å². The van der Waals surface area contributed by atoms with Gasteiger partial charge in [-0.2, -0.15) is 0 Å². The van der Waals surface area contributed by atoms with Crippen molar-refractivity contribution in [3.8, 4) is 0 Å². The van der Waals surface area contributed by atoms with Crippen LogP contribution in [-0.4, -0.2) is 46.0 Å². The van der Waals surface area contributed by atoms with Crippen molar-refractivity contribution >= 4 is 16.0 Å². The van der Waals surface area contributed by atoms with Crippen molar-refractivity contribution in [2.75, 3.05) is 25.5 Å². The van der Waals surface area contributed by atoms with Gasteiger partial charge in [-0.3, -0.25) is 4.79 Å². The summed E-state index contributed by atoms with van der Waals surface area (Å²) in [5.74, 6) is -0.662. The quantitative estimate of drug-likeness (QED) is 0.652. The zero-order valence-corrected chi connectivity index (χ0v) is 10.1. The van der Waals surface area contributed by atoms with Crippen LogP contribution < -0.4 is 4.72 Å². The number of esters is 1. The summed E-state index contributed by atoms with van der Waals surface area (Å²) in [7, 11) is -3.45. The van der Waals surface area contributed by atoms with Crippen LogP contribution in [0.3, 0.4) is 0 Å². The molecule has 6 nitrogen and oxygen atoms in total. The van der Waals surface area contributed by atoms with Gasteiger partial charge in [0.05, 0.1) is 18.5 Å². The van der Waals surface area contributed by atoms with Crippen LogP contribution in [0.4, 0.5) is 0 Å². The number of hydrogen-bond acceptors (Lipinski definition) is 5. The van der Waals surface area contributed by atoms with E-state index in [-0.39, 0.29) is 25.0 Å². The fourth-order valence-electron chi connectivity index (χ4n) is 1.46. The fraction of sp³-hybridized carbons (Fsp3) is 0.889. The average molecular weight is 251 g/mol. The molecule has 1 heterocycles. The maximum absolute atomic E-state index is 11.5. The van der Waals surface area contributed by atoms with Gasteiger partial charge < -0.3 is 9.47 Å². The molecule has 0 aromatic heterocycles. The lowest BCUT2D eigenvalue weighted by atomic mass is 10.3. The molecular weight excluding hydrogens is 234 g/mol. The number of sulfonamides is 1. The topological polar surface area (TPSA) is 81.7 Å². The SMILES string of the molecule is CCOC(=O)CNS(=O)(=O)CC1CCCO1. The van der Waals surface area contributed by atoms with Gasteiger partial charge in [0.1, 0.15) is 6.54 Å². The summed E-state index contributed by atoms with van der Waals surface area (Å²) in [5.41, 5.74) is 0. The zero-order chi connectivity index (χ0) is 12.0. The van der Waals surface area contributed by atoms with Gasteiger partial charge in [-0.25, -0.2) is 13.1 Å². The number of carbonyl (C=O) groups excluding carboxylic acids is 1. The van der Waals surface area contributed by atoms with Crippen molar-refractivity contribution in [2.24, 2.45) is 0 Å². The van der Waals surface area contributed by atoms with Crippen molar-refractivity contribution < 1.29 is 22.7 Å². The first-order valence-corrected chi connectivity index (χ1v) is 6.93. The Morgan fingerprint density at radius 3 is 2.88 bits per heavy atom. The second-order valence-corrected chi connectivity index (χ2v) is 5.39. The van der Waals surface area contributed by atoms with Crippen molar-refractivity contribution in [2.45, 2.75) is 25.9 Å². The van der Waals surface area contributed by atoms with Gasteiger partial charge in [-0.05, 0) is 19.8 Å². The molecule has 1 saturated heterocycles. The summed E-state index contributed by atoms with van der Waals surface area (Å²) in [6, 6.07) is 0. The van der Waals surface area contributed by atoms with E-state index in [1.807, 2.05) is 0 Å². The van der Waals surface area contributed by atoms with Crippen LogP contribution in [0.25, 0.3) is 0 Å². The molecular formula is C9H17NO5S. The number of hydrogen-bond donors (Lipinski definition) is 1. The molecule has 0 spiro atoms. The molecule has 7 heteroatoms. The summed E-state index contributed by atoms with van der Waals surface area (Å²) in [6.45, 7) is 2.20. The van der Waals surface area contributed by atoms with E-state index < -0.39 is 16.0 Å². The second-order valence-electron chi connectivity index (χ2n) is 3.54. The summed E-state index contributed by atoms with van der Waals surface area (Å²) >= 11 is 0. The highest BCUT2D eigenvalue weighted by atomic mass is 32.2. The Kier molecular flexibility index (Phi) is 5.17. The number of ether oxygens (including phenoxy) is 2. The summed E-state index contributed by atoms with van der Waals surface area (Å²) < 4.78 is 35.0. The smallest absolute Gasteiger partial charge is 0.320 e. The highest BCUT2D eigenvalue weighted by molar-refractivity contribution is 7.89. The third-order valence-corrected chi connectivity index (χ3v) is 3.57. The van der Waals surface area contributed by atoms with Crippen LogP contribution in [0.5, 0.6) is 0 Å². The van der Waals surface area contributed by atoms with E-state index in [0.29, 0.717) is 6.61 Å². The second kappa shape index (κ2) is 6.17. The van der Waals surface area contributed by atoms with Gasteiger partial charge in [0.2, 0.25) is 10.0 Å². The Morgan fingerprint density at radius 1 is 1.56 bits per heavy atom. The van der Waals surface area contributed by atoms with Gasteiger partial charge in [-0.1, -0.05) is 0 Å². The van der Waals surface area contributed by atoms with Gasteiger partial charge in [0, 0.05) is 6.61 Å². The molecule has 0 saturated carbocycles. The Bertz CT molecular complexity index is 321. The lowest BCUT2D eigenvalue weighted by Crippen LogP contribution is -2.35. The molecule has 1 N–H and O–H groups in total. The van der Waals surface area contributed by atoms with Gasteiger partial charge >= 0.3 is 5.97 Å². The van der Waals surface area contributed by atoms with E-state index in [1.165, 1.54) is 0 Å². The van der Waals surface area contributed by atoms with Crippen molar-refractivity contribution in [1.29, 1.82) is 0 Å². The van der Waals surface area contributed by atoms with Crippen molar-refractivity contribution in [3.05, 3.63) is 0 Å². The van der Waals surface area contributed by atoms with E-state index in [1.54, 1.807) is 6.92 Å². The highest BCUT2D eigenvalue weighted by Gasteiger charge is 2.23. The maximum atomic E-state index is 11.5. The molecule has 1 atom stereocenters. The largest absolute Gasteiger partial charge is 0.465 e. The lowest BCUT2D eigenvalue weighted by Gasteiger charge is -2.10. The Hall–Kier alpha value is -0.660. The number of carbonyl (C=O) groups is 1. The predicted molar refractivity (Wildman–Crippen MR) is 57.4 cm³/mol. The first kappa shape index (κ1) is 13.4. The third kappa shape index (κ3) is 4.91. The Morgan fingerprint density at radius 2 is 2.31 bits per heavy atom. The first-order valence-electron chi connectivity index (χ1n) is 5.28. The normalized spacial score (nSPS) is 20.9. The predicted octanol–water partition coefficient (Wildman–Crippen LogP) is -0.352. The molecule has 1 rings (SSSR count). The molecule has 1 aliphatic heterocycles. The molecule has 0 radical (unpaired) electrons. The summed E-state index contributed by atoms with van der Waals surface area (Å²) in [6.07, 6.45) is 1.39. The van der Waals surface area contributed by atoms with E-state index in [9.17, 15) is 13.2 Å². The lowest BCUT2D eigenvalue weighted by molar-refractivity contribution is -0.141. The molecule has 1 aliphatic rings. The minimum atomic E-state index is -3.45. The molecule has 1 fully saturated rings. The summed E-state index contributed by atoms with van der Waals surface area (Å²) in [5, 5.41) is 0. The van der Waals surface area contributed by atoms with Crippen LogP contribution in [0.2, 0.25) is 0 Å². The van der Waals surface area contributed by atoms with Gasteiger partial charge in [-0.15, -0.1) is 0 Å². The molecule has 16 heavy (non-hydrogen) atoms. The van der Waals surface area contributed by atoms with Crippen LogP contribution in [0.1, 0.15) is 19.8 Å². The molecule has 0 bridgehead atoms. The van der Waals surface area contributed by atoms with Crippen LogP contribution in [0.15, 0.2) is 0 Å². The minimum Gasteiger partial charge on any atom is -0.465 e. The number of rotatable bonds is 6. The molecule has 94 valence electrons. The fourth-order valence-corrected chi connectivity index (χ4v) is 2.67. The van der Waals surface area contributed by atoms with E-state index >= 15 is 0 Å². The van der Waals surface area contributed by atoms with Gasteiger partial charge in [0.25, 0.3) is 0 Å². The van der Waals surface area contributed by atoms with Gasteiger partial charge in [0.15, 0.2) is 0 Å². The number of nitrogens with one attached hydrogen (secondary N) is 1. The highest BCUT2D eigenvalue weighted by Crippen LogP contribution is 2.13. The maximum Gasteiger partial charge on any atom is 0.320 e. The van der Waals surface area contributed by atoms with E-state index in [2.05, 4.69) is 9.46 Å². The molecule has 1 unspecified atom stereocenters. The molecule has 0 aromatic rings. The average Bonchev–Trinajstić information content (AvgIpc) is 2.67. The summed E-state index contributed by atoms with van der Waals surface area (Å²) in [4.78, 5) is 10.9. The zero-order valence-electron chi connectivity index (χ0n) is 9.27. The van der Waals surface area contributed by atoms with Crippen LogP contribution in [0, 0.1) is 0 Å². The Labute approximate surface area is 95.4 Å². The minimum absolute atomic E-state index is 0.0909. The molecule has 0 aliphatic carbocycles. The van der Waals surface area contributed by atoms with Crippen molar-refractivity contribution in [3.63, 3.8) is 0 Å².